The Balaban J connectivity index is 1.75. The molecule has 3 atom stereocenters. The molecular weight excluding hydrogens is 519 g/mol. The summed E-state index contributed by atoms with van der Waals surface area (Å²) in [4.78, 5) is 40.9. The van der Waals surface area contributed by atoms with Gasteiger partial charge >= 0.3 is 6.18 Å². The summed E-state index contributed by atoms with van der Waals surface area (Å²) in [5.41, 5.74) is 7.20. The molecule has 6 nitrogen and oxygen atoms in total. The molecule has 3 rings (SSSR count). The molecule has 0 aliphatic carbocycles. The minimum atomic E-state index is -4.40. The average Bonchev–Trinajstić information content (AvgIpc) is 3.06. The van der Waals surface area contributed by atoms with Gasteiger partial charge in [-0.1, -0.05) is 57.5 Å². The molecule has 40 heavy (non-hydrogen) atoms. The highest BCUT2D eigenvalue weighted by atomic mass is 19.4. The highest BCUT2D eigenvalue weighted by Gasteiger charge is 2.36. The second kappa shape index (κ2) is 13.8. The van der Waals surface area contributed by atoms with Crippen molar-refractivity contribution in [3.05, 3.63) is 59.7 Å². The molecule has 1 heterocycles. The van der Waals surface area contributed by atoms with Crippen LogP contribution in [-0.2, 0) is 27.1 Å². The average molecular weight is 560 g/mol. The van der Waals surface area contributed by atoms with Crippen LogP contribution in [0.2, 0.25) is 0 Å². The lowest BCUT2D eigenvalue weighted by molar-refractivity contribution is -0.139. The van der Waals surface area contributed by atoms with E-state index in [-0.39, 0.29) is 17.7 Å². The molecule has 0 radical (unpaired) electrons. The smallest absolute Gasteiger partial charge is 0.369 e. The maximum atomic E-state index is 13.6. The SMILES string of the molecule is CCCC(C(N)=O)C(CC(C)C)C(=O)NC1CCCCN(Cc2cccc(-c3ccc(C(F)(F)F)cc3)c2)C1=O. The van der Waals surface area contributed by atoms with Crippen molar-refractivity contribution in [1.82, 2.24) is 10.2 Å². The summed E-state index contributed by atoms with van der Waals surface area (Å²) < 4.78 is 38.9. The van der Waals surface area contributed by atoms with Gasteiger partial charge in [-0.25, -0.2) is 0 Å². The standard InChI is InChI=1S/C31H40F3N3O3/c1-4-8-25(28(35)38)26(17-20(2)3)29(39)36-27-11-5-6-16-37(30(27)40)19-21-9-7-10-23(18-21)22-12-14-24(15-13-22)31(32,33)34/h7,9-10,12-15,18,20,25-27H,4-6,8,11,16-17,19H2,1-3H3,(H2,35,38)(H,36,39). The van der Waals surface area contributed by atoms with Crippen LogP contribution in [0.3, 0.4) is 0 Å². The van der Waals surface area contributed by atoms with Crippen molar-refractivity contribution < 1.29 is 27.6 Å². The van der Waals surface area contributed by atoms with E-state index in [4.69, 9.17) is 5.73 Å². The number of halogens is 3. The highest BCUT2D eigenvalue weighted by Crippen LogP contribution is 2.31. The molecule has 0 spiro atoms. The molecule has 1 aliphatic heterocycles. The molecule has 0 saturated carbocycles. The lowest BCUT2D eigenvalue weighted by Crippen LogP contribution is -2.50. The summed E-state index contributed by atoms with van der Waals surface area (Å²) in [6, 6.07) is 11.7. The summed E-state index contributed by atoms with van der Waals surface area (Å²) in [5.74, 6) is -1.99. The molecule has 1 saturated heterocycles. The van der Waals surface area contributed by atoms with Crippen LogP contribution in [0, 0.1) is 17.8 Å². The summed E-state index contributed by atoms with van der Waals surface area (Å²) in [5, 5.41) is 2.95. The predicted molar refractivity (Wildman–Crippen MR) is 149 cm³/mol. The van der Waals surface area contributed by atoms with Gasteiger partial charge in [-0.2, -0.15) is 13.2 Å². The number of benzene rings is 2. The molecule has 2 aromatic carbocycles. The number of amides is 3. The first kappa shape index (κ1) is 31.2. The zero-order valence-corrected chi connectivity index (χ0v) is 23.5. The first-order chi connectivity index (χ1) is 18.9. The van der Waals surface area contributed by atoms with Crippen LogP contribution in [-0.4, -0.2) is 35.2 Å². The predicted octanol–water partition coefficient (Wildman–Crippen LogP) is 5.93. The third kappa shape index (κ3) is 8.32. The van der Waals surface area contributed by atoms with E-state index >= 15 is 0 Å². The van der Waals surface area contributed by atoms with Gasteiger partial charge in [0.25, 0.3) is 0 Å². The molecule has 3 amide bonds. The van der Waals surface area contributed by atoms with Crippen LogP contribution in [0.25, 0.3) is 11.1 Å². The number of nitrogens with zero attached hydrogens (tertiary/aromatic N) is 1. The molecule has 0 aromatic heterocycles. The first-order valence-electron chi connectivity index (χ1n) is 14.1. The number of primary amides is 1. The van der Waals surface area contributed by atoms with E-state index in [1.54, 1.807) is 4.90 Å². The normalized spacial score (nSPS) is 17.8. The Bertz CT molecular complexity index is 1160. The topological polar surface area (TPSA) is 92.5 Å². The number of nitrogens with one attached hydrogen (secondary N) is 1. The van der Waals surface area contributed by atoms with Crippen LogP contribution in [0.15, 0.2) is 48.5 Å². The summed E-state index contributed by atoms with van der Waals surface area (Å²) in [6.45, 7) is 6.77. The molecule has 218 valence electrons. The monoisotopic (exact) mass is 559 g/mol. The van der Waals surface area contributed by atoms with E-state index in [9.17, 15) is 27.6 Å². The quantitative estimate of drug-likeness (QED) is 0.357. The van der Waals surface area contributed by atoms with Crippen molar-refractivity contribution in [2.24, 2.45) is 23.5 Å². The number of likely N-dealkylation sites (tertiary alicyclic amines) is 1. The number of hydrogen-bond donors (Lipinski definition) is 2. The highest BCUT2D eigenvalue weighted by molar-refractivity contribution is 5.91. The molecule has 0 bridgehead atoms. The fourth-order valence-electron chi connectivity index (χ4n) is 5.41. The molecular formula is C31H40F3N3O3. The lowest BCUT2D eigenvalue weighted by atomic mass is 9.81. The van der Waals surface area contributed by atoms with Crippen molar-refractivity contribution in [3.8, 4) is 11.1 Å². The van der Waals surface area contributed by atoms with Gasteiger partial charge in [-0.15, -0.1) is 0 Å². The van der Waals surface area contributed by atoms with Crippen LogP contribution in [0.1, 0.15) is 70.4 Å². The van der Waals surface area contributed by atoms with E-state index in [2.05, 4.69) is 5.32 Å². The second-order valence-electron chi connectivity index (χ2n) is 11.1. The Morgan fingerprint density at radius 1 is 1.05 bits per heavy atom. The molecule has 1 fully saturated rings. The third-order valence-electron chi connectivity index (χ3n) is 7.46. The maximum Gasteiger partial charge on any atom is 0.416 e. The first-order valence-corrected chi connectivity index (χ1v) is 14.1. The third-order valence-corrected chi connectivity index (χ3v) is 7.46. The second-order valence-corrected chi connectivity index (χ2v) is 11.1. The van der Waals surface area contributed by atoms with Gasteiger partial charge in [0.05, 0.1) is 5.56 Å². The molecule has 3 N–H and O–H groups in total. The van der Waals surface area contributed by atoms with E-state index < -0.39 is 35.5 Å². The molecule has 1 aliphatic rings. The van der Waals surface area contributed by atoms with Gasteiger partial charge in [0.15, 0.2) is 0 Å². The van der Waals surface area contributed by atoms with Gasteiger partial charge in [0.2, 0.25) is 17.7 Å². The van der Waals surface area contributed by atoms with Gasteiger partial charge in [0, 0.05) is 24.9 Å². The fourth-order valence-corrected chi connectivity index (χ4v) is 5.41. The van der Waals surface area contributed by atoms with Crippen LogP contribution < -0.4 is 11.1 Å². The Morgan fingerprint density at radius 2 is 1.75 bits per heavy atom. The Kier molecular flexibility index (Phi) is 10.8. The van der Waals surface area contributed by atoms with Crippen molar-refractivity contribution in [2.75, 3.05) is 6.54 Å². The van der Waals surface area contributed by atoms with E-state index in [0.717, 1.165) is 42.5 Å². The fraction of sp³-hybridized carbons (Fsp3) is 0.516. The van der Waals surface area contributed by atoms with Crippen LogP contribution in [0.5, 0.6) is 0 Å². The van der Waals surface area contributed by atoms with Gasteiger partial charge in [0.1, 0.15) is 6.04 Å². The zero-order valence-electron chi connectivity index (χ0n) is 23.5. The zero-order chi connectivity index (χ0) is 29.4. The van der Waals surface area contributed by atoms with Crippen molar-refractivity contribution >= 4 is 17.7 Å². The molecule has 9 heteroatoms. The maximum absolute atomic E-state index is 13.6. The molecule has 3 unspecified atom stereocenters. The number of alkyl halides is 3. The van der Waals surface area contributed by atoms with Gasteiger partial charge < -0.3 is 16.0 Å². The van der Waals surface area contributed by atoms with Crippen LogP contribution in [0.4, 0.5) is 13.2 Å². The van der Waals surface area contributed by atoms with Crippen molar-refractivity contribution in [1.29, 1.82) is 0 Å². The van der Waals surface area contributed by atoms with E-state index in [0.29, 0.717) is 37.9 Å². The van der Waals surface area contributed by atoms with E-state index in [1.807, 2.05) is 45.0 Å². The lowest BCUT2D eigenvalue weighted by Gasteiger charge is -2.29. The summed E-state index contributed by atoms with van der Waals surface area (Å²) in [7, 11) is 0. The number of carbonyl (C=O) groups excluding carboxylic acids is 3. The number of carbonyl (C=O) groups is 3. The number of hydrogen-bond acceptors (Lipinski definition) is 3. The largest absolute Gasteiger partial charge is 0.416 e. The Morgan fingerprint density at radius 3 is 2.35 bits per heavy atom. The van der Waals surface area contributed by atoms with Crippen LogP contribution >= 0.6 is 0 Å². The summed E-state index contributed by atoms with van der Waals surface area (Å²) in [6.07, 6.45) is -0.604. The van der Waals surface area contributed by atoms with E-state index in [1.165, 1.54) is 12.1 Å². The van der Waals surface area contributed by atoms with Gasteiger partial charge in [-0.3, -0.25) is 14.4 Å². The Labute approximate surface area is 234 Å². The minimum absolute atomic E-state index is 0.174. The minimum Gasteiger partial charge on any atom is -0.369 e. The molecule has 2 aromatic rings. The Hall–Kier alpha value is -3.36. The van der Waals surface area contributed by atoms with Gasteiger partial charge in [-0.05, 0) is 72.9 Å². The summed E-state index contributed by atoms with van der Waals surface area (Å²) >= 11 is 0. The van der Waals surface area contributed by atoms with Crippen molar-refractivity contribution in [2.45, 2.75) is 78.1 Å². The van der Waals surface area contributed by atoms with Crippen molar-refractivity contribution in [3.63, 3.8) is 0 Å². The number of nitrogens with two attached hydrogens (primary N) is 1. The number of rotatable bonds is 11.